The zero-order valence-electron chi connectivity index (χ0n) is 21.0. The number of nitrogens with two attached hydrogens (primary N) is 1. The molecule has 0 bridgehead atoms. The lowest BCUT2D eigenvalue weighted by molar-refractivity contribution is -0.137. The number of benzene rings is 1. The number of aromatic nitrogens is 2. The topological polar surface area (TPSA) is 138 Å². The minimum Gasteiger partial charge on any atom is -0.338 e. The highest BCUT2D eigenvalue weighted by Gasteiger charge is 2.31. The molecule has 3 amide bonds. The van der Waals surface area contributed by atoms with Gasteiger partial charge in [0.1, 0.15) is 5.82 Å². The standard InChI is InChI=1S/C25H36N8O3/c1-25(2,26)22(34)31-11-13-32(14-12-31)23(35)29-21-8-10-33(24(36)30-21)20-5-3-18(4-6-20)15-27-9-7-19-16-28-17-19/h3-6,8,10,19,27-28H,7,9,11-17,26H2,1-2H3,(H,29,30,35,36). The molecule has 0 radical (unpaired) electrons. The van der Waals surface area contributed by atoms with Gasteiger partial charge in [-0.3, -0.25) is 14.7 Å². The van der Waals surface area contributed by atoms with Crippen molar-refractivity contribution in [1.29, 1.82) is 0 Å². The number of hydrogen-bond donors (Lipinski definition) is 4. The van der Waals surface area contributed by atoms with Crippen molar-refractivity contribution in [2.45, 2.75) is 32.4 Å². The molecule has 5 N–H and O–H groups in total. The summed E-state index contributed by atoms with van der Waals surface area (Å²) in [5, 5.41) is 9.43. The Bertz CT molecular complexity index is 1110. The molecule has 36 heavy (non-hydrogen) atoms. The van der Waals surface area contributed by atoms with Crippen LogP contribution in [0.2, 0.25) is 0 Å². The molecule has 1 aromatic carbocycles. The number of hydrogen-bond acceptors (Lipinski definition) is 7. The lowest BCUT2D eigenvalue weighted by Crippen LogP contribution is -2.58. The quantitative estimate of drug-likeness (QED) is 0.387. The summed E-state index contributed by atoms with van der Waals surface area (Å²) in [5.41, 5.74) is 6.33. The average Bonchev–Trinajstić information content (AvgIpc) is 2.82. The molecule has 0 atom stereocenters. The first-order valence-corrected chi connectivity index (χ1v) is 12.5. The van der Waals surface area contributed by atoms with Crippen molar-refractivity contribution in [2.75, 3.05) is 51.1 Å². The summed E-state index contributed by atoms with van der Waals surface area (Å²) >= 11 is 0. The summed E-state index contributed by atoms with van der Waals surface area (Å²) in [6.45, 7) is 8.93. The molecule has 2 fully saturated rings. The maximum atomic E-state index is 12.6. The van der Waals surface area contributed by atoms with E-state index in [1.54, 1.807) is 35.9 Å². The van der Waals surface area contributed by atoms with Gasteiger partial charge in [-0.05, 0) is 69.6 Å². The summed E-state index contributed by atoms with van der Waals surface area (Å²) in [4.78, 5) is 44.9. The third kappa shape index (κ3) is 6.48. The van der Waals surface area contributed by atoms with Gasteiger partial charge in [-0.15, -0.1) is 0 Å². The smallest absolute Gasteiger partial charge is 0.338 e. The van der Waals surface area contributed by atoms with Crippen LogP contribution in [0.3, 0.4) is 0 Å². The monoisotopic (exact) mass is 496 g/mol. The summed E-state index contributed by atoms with van der Waals surface area (Å²) in [6.07, 6.45) is 2.78. The first kappa shape index (κ1) is 25.8. The van der Waals surface area contributed by atoms with Crippen molar-refractivity contribution in [3.8, 4) is 5.69 Å². The molecule has 2 aromatic rings. The summed E-state index contributed by atoms with van der Waals surface area (Å²) in [7, 11) is 0. The van der Waals surface area contributed by atoms with Gasteiger partial charge < -0.3 is 26.2 Å². The van der Waals surface area contributed by atoms with Crippen LogP contribution in [0.15, 0.2) is 41.3 Å². The second-order valence-corrected chi connectivity index (χ2v) is 10.1. The van der Waals surface area contributed by atoms with Gasteiger partial charge in [0.15, 0.2) is 0 Å². The van der Waals surface area contributed by atoms with E-state index >= 15 is 0 Å². The van der Waals surface area contributed by atoms with Gasteiger partial charge >= 0.3 is 11.7 Å². The van der Waals surface area contributed by atoms with E-state index in [0.29, 0.717) is 31.9 Å². The Hall–Kier alpha value is -3.28. The number of carbonyl (C=O) groups excluding carboxylic acids is 2. The van der Waals surface area contributed by atoms with E-state index in [-0.39, 0.29) is 17.8 Å². The first-order chi connectivity index (χ1) is 17.2. The Morgan fingerprint density at radius 2 is 1.75 bits per heavy atom. The van der Waals surface area contributed by atoms with Crippen LogP contribution in [0.4, 0.5) is 10.6 Å². The van der Waals surface area contributed by atoms with Crippen molar-refractivity contribution in [3.63, 3.8) is 0 Å². The van der Waals surface area contributed by atoms with E-state index in [9.17, 15) is 14.4 Å². The number of nitrogens with zero attached hydrogens (tertiary/aromatic N) is 4. The van der Waals surface area contributed by atoms with Gasteiger partial charge in [-0.2, -0.15) is 4.98 Å². The fourth-order valence-electron chi connectivity index (χ4n) is 4.24. The van der Waals surface area contributed by atoms with Crippen molar-refractivity contribution < 1.29 is 9.59 Å². The molecule has 194 valence electrons. The molecule has 3 heterocycles. The van der Waals surface area contributed by atoms with Crippen LogP contribution in [0.1, 0.15) is 25.8 Å². The number of rotatable bonds is 8. The van der Waals surface area contributed by atoms with E-state index in [0.717, 1.165) is 37.7 Å². The zero-order chi connectivity index (χ0) is 25.7. The number of anilines is 1. The second-order valence-electron chi connectivity index (χ2n) is 10.1. The Balaban J connectivity index is 1.27. The lowest BCUT2D eigenvalue weighted by atomic mass is 9.99. The number of piperazine rings is 1. The fourth-order valence-corrected chi connectivity index (χ4v) is 4.24. The van der Waals surface area contributed by atoms with E-state index in [1.165, 1.54) is 11.0 Å². The minimum atomic E-state index is -0.942. The van der Waals surface area contributed by atoms with Crippen LogP contribution < -0.4 is 27.4 Å². The number of urea groups is 1. The van der Waals surface area contributed by atoms with E-state index < -0.39 is 11.2 Å². The van der Waals surface area contributed by atoms with Crippen LogP contribution in [0.5, 0.6) is 0 Å². The maximum absolute atomic E-state index is 12.6. The third-order valence-electron chi connectivity index (χ3n) is 6.58. The van der Waals surface area contributed by atoms with Crippen molar-refractivity contribution in [1.82, 2.24) is 30.0 Å². The van der Waals surface area contributed by atoms with Crippen LogP contribution in [-0.2, 0) is 11.3 Å². The van der Waals surface area contributed by atoms with Crippen LogP contribution in [0, 0.1) is 5.92 Å². The SMILES string of the molecule is CC(C)(N)C(=O)N1CCN(C(=O)Nc2ccn(-c3ccc(CNCCC4CNC4)cc3)c(=O)n2)CC1. The zero-order valence-corrected chi connectivity index (χ0v) is 21.0. The molecule has 1 aromatic heterocycles. The third-order valence-corrected chi connectivity index (χ3v) is 6.58. The fraction of sp³-hybridized carbons (Fsp3) is 0.520. The largest absolute Gasteiger partial charge is 0.354 e. The predicted molar refractivity (Wildman–Crippen MR) is 138 cm³/mol. The first-order valence-electron chi connectivity index (χ1n) is 12.5. The molecule has 11 heteroatoms. The molecule has 0 aliphatic carbocycles. The molecule has 0 unspecified atom stereocenters. The predicted octanol–water partition coefficient (Wildman–Crippen LogP) is 0.345. The number of carbonyl (C=O) groups is 2. The van der Waals surface area contributed by atoms with Crippen LogP contribution in [-0.4, -0.2) is 82.6 Å². The molecule has 2 aliphatic heterocycles. The molecule has 0 saturated carbocycles. The normalized spacial score (nSPS) is 16.5. The molecular formula is C25H36N8O3. The van der Waals surface area contributed by atoms with Gasteiger partial charge in [-0.1, -0.05) is 12.1 Å². The Kier molecular flexibility index (Phi) is 8.02. The Labute approximate surface area is 211 Å². The van der Waals surface area contributed by atoms with Crippen molar-refractivity contribution >= 4 is 17.8 Å². The van der Waals surface area contributed by atoms with Crippen molar-refractivity contribution in [3.05, 3.63) is 52.6 Å². The van der Waals surface area contributed by atoms with Crippen LogP contribution >= 0.6 is 0 Å². The minimum absolute atomic E-state index is 0.140. The molecule has 0 spiro atoms. The van der Waals surface area contributed by atoms with Crippen molar-refractivity contribution in [2.24, 2.45) is 11.7 Å². The summed E-state index contributed by atoms with van der Waals surface area (Å²) in [5.74, 6) is 0.834. The highest BCUT2D eigenvalue weighted by atomic mass is 16.2. The van der Waals surface area contributed by atoms with Crippen LogP contribution in [0.25, 0.3) is 5.69 Å². The molecule has 2 aliphatic rings. The van der Waals surface area contributed by atoms with E-state index in [4.69, 9.17) is 5.73 Å². The van der Waals surface area contributed by atoms with E-state index in [2.05, 4.69) is 20.9 Å². The Morgan fingerprint density at radius 3 is 2.33 bits per heavy atom. The van der Waals surface area contributed by atoms with Gasteiger partial charge in [0, 0.05) is 38.9 Å². The van der Waals surface area contributed by atoms with E-state index in [1.807, 2.05) is 24.3 Å². The van der Waals surface area contributed by atoms with Gasteiger partial charge in [0.25, 0.3) is 0 Å². The summed E-state index contributed by atoms with van der Waals surface area (Å²) in [6, 6.07) is 9.00. The Morgan fingerprint density at radius 1 is 1.08 bits per heavy atom. The molecule has 4 rings (SSSR count). The van der Waals surface area contributed by atoms with Gasteiger partial charge in [-0.25, -0.2) is 9.59 Å². The second kappa shape index (κ2) is 11.2. The van der Waals surface area contributed by atoms with Gasteiger partial charge in [0.2, 0.25) is 5.91 Å². The maximum Gasteiger partial charge on any atom is 0.354 e. The highest BCUT2D eigenvalue weighted by molar-refractivity contribution is 5.89. The molecule has 11 nitrogen and oxygen atoms in total. The highest BCUT2D eigenvalue weighted by Crippen LogP contribution is 2.12. The number of amides is 3. The average molecular weight is 497 g/mol. The molecular weight excluding hydrogens is 460 g/mol. The number of nitrogens with one attached hydrogen (secondary N) is 3. The molecule has 2 saturated heterocycles. The lowest BCUT2D eigenvalue weighted by Gasteiger charge is -2.37. The summed E-state index contributed by atoms with van der Waals surface area (Å²) < 4.78 is 1.44. The van der Waals surface area contributed by atoms with Gasteiger partial charge in [0.05, 0.1) is 11.2 Å².